The summed E-state index contributed by atoms with van der Waals surface area (Å²) in [5.41, 5.74) is 7.86. The van der Waals surface area contributed by atoms with Crippen molar-refractivity contribution >= 4 is 33.1 Å². The van der Waals surface area contributed by atoms with Gasteiger partial charge in [-0.25, -0.2) is 4.39 Å². The molecule has 2 nitrogen and oxygen atoms in total. The van der Waals surface area contributed by atoms with E-state index in [0.717, 1.165) is 11.0 Å². The smallest absolute Gasteiger partial charge is 0.128 e. The van der Waals surface area contributed by atoms with Crippen molar-refractivity contribution in [2.75, 3.05) is 7.05 Å². The first-order valence-electron chi connectivity index (χ1n) is 6.47. The van der Waals surface area contributed by atoms with E-state index in [1.165, 1.54) is 11.6 Å². The second-order valence-electron chi connectivity index (χ2n) is 4.97. The normalized spacial score (nSPS) is 10.9. The van der Waals surface area contributed by atoms with Crippen LogP contribution in [0.1, 0.15) is 16.7 Å². The highest BCUT2D eigenvalue weighted by Gasteiger charge is 2.08. The molecule has 0 bridgehead atoms. The van der Waals surface area contributed by atoms with Gasteiger partial charge in [-0.05, 0) is 30.8 Å². The van der Waals surface area contributed by atoms with Crippen LogP contribution in [-0.2, 0) is 13.1 Å². The van der Waals surface area contributed by atoms with Crippen LogP contribution in [0.4, 0.5) is 4.39 Å². The Kier molecular flexibility index (Phi) is 5.45. The van der Waals surface area contributed by atoms with Crippen LogP contribution in [0.5, 0.6) is 0 Å². The summed E-state index contributed by atoms with van der Waals surface area (Å²) < 4.78 is 15.1. The third-order valence-corrected chi connectivity index (χ3v) is 3.85. The Morgan fingerprint density at radius 1 is 1.24 bits per heavy atom. The third-order valence-electron chi connectivity index (χ3n) is 3.12. The molecule has 0 amide bonds. The molecule has 0 aliphatic heterocycles. The second-order valence-corrected chi connectivity index (χ2v) is 6.33. The molecule has 2 N–H and O–H groups in total. The minimum absolute atomic E-state index is 0.211. The van der Waals surface area contributed by atoms with E-state index in [1.807, 2.05) is 25.2 Å². The maximum Gasteiger partial charge on any atom is 0.128 e. The van der Waals surface area contributed by atoms with Gasteiger partial charge < -0.3 is 5.73 Å². The molecule has 2 aromatic carbocycles. The first kappa shape index (κ1) is 16.1. The summed E-state index contributed by atoms with van der Waals surface area (Å²) in [5.74, 6) is -0.276. The number of nitrogens with two attached hydrogens (primary N) is 1. The van der Waals surface area contributed by atoms with Gasteiger partial charge in [-0.3, -0.25) is 4.90 Å². The molecular weight excluding hydrogens is 351 g/mol. The zero-order valence-electron chi connectivity index (χ0n) is 11.6. The van der Waals surface area contributed by atoms with Gasteiger partial charge in [0.15, 0.2) is 0 Å². The lowest BCUT2D eigenvalue weighted by Gasteiger charge is -2.17. The fraction of sp³-hybridized carbons (Fsp3) is 0.188. The predicted octanol–water partition coefficient (Wildman–Crippen LogP) is 3.85. The average molecular weight is 367 g/mol. The van der Waals surface area contributed by atoms with Crippen LogP contribution in [-0.4, -0.2) is 16.9 Å². The molecule has 0 saturated carbocycles. The highest BCUT2D eigenvalue weighted by molar-refractivity contribution is 9.10. The predicted molar refractivity (Wildman–Crippen MR) is 91.6 cm³/mol. The van der Waals surface area contributed by atoms with E-state index in [0.29, 0.717) is 17.7 Å². The molecular formula is C16H16BrFN2S. The summed E-state index contributed by atoms with van der Waals surface area (Å²) in [5, 5.41) is 0. The number of benzene rings is 2. The monoisotopic (exact) mass is 366 g/mol. The van der Waals surface area contributed by atoms with E-state index >= 15 is 0 Å². The van der Waals surface area contributed by atoms with Crippen molar-refractivity contribution in [3.05, 3.63) is 69.4 Å². The summed E-state index contributed by atoms with van der Waals surface area (Å²) in [6.07, 6.45) is 0. The van der Waals surface area contributed by atoms with E-state index in [4.69, 9.17) is 18.0 Å². The average Bonchev–Trinajstić information content (AvgIpc) is 2.40. The SMILES string of the molecule is CN(Cc1cccc(Br)c1)Cc1ccc(C(N)=S)cc1F. The zero-order chi connectivity index (χ0) is 15.4. The summed E-state index contributed by atoms with van der Waals surface area (Å²) in [6.45, 7) is 1.27. The molecule has 0 aliphatic carbocycles. The first-order chi connectivity index (χ1) is 9.95. The summed E-state index contributed by atoms with van der Waals surface area (Å²) >= 11 is 8.30. The first-order valence-corrected chi connectivity index (χ1v) is 7.67. The van der Waals surface area contributed by atoms with Crippen molar-refractivity contribution in [2.45, 2.75) is 13.1 Å². The fourth-order valence-corrected chi connectivity index (χ4v) is 2.70. The lowest BCUT2D eigenvalue weighted by Crippen LogP contribution is -2.18. The van der Waals surface area contributed by atoms with Gasteiger partial charge in [0.2, 0.25) is 0 Å². The van der Waals surface area contributed by atoms with Gasteiger partial charge in [0.1, 0.15) is 10.8 Å². The Morgan fingerprint density at radius 3 is 2.62 bits per heavy atom. The lowest BCUT2D eigenvalue weighted by molar-refractivity contribution is 0.313. The highest BCUT2D eigenvalue weighted by atomic mass is 79.9. The number of hydrogen-bond acceptors (Lipinski definition) is 2. The number of hydrogen-bond donors (Lipinski definition) is 1. The number of thiocarbonyl (C=S) groups is 1. The number of rotatable bonds is 5. The van der Waals surface area contributed by atoms with Gasteiger partial charge in [-0.2, -0.15) is 0 Å². The summed E-state index contributed by atoms with van der Waals surface area (Å²) in [7, 11) is 1.96. The van der Waals surface area contributed by atoms with Crippen LogP contribution < -0.4 is 5.73 Å². The quantitative estimate of drug-likeness (QED) is 0.814. The molecule has 0 heterocycles. The fourth-order valence-electron chi connectivity index (χ4n) is 2.12. The van der Waals surface area contributed by atoms with E-state index in [2.05, 4.69) is 26.9 Å². The Bertz CT molecular complexity index is 660. The minimum atomic E-state index is -0.276. The van der Waals surface area contributed by atoms with Crippen molar-refractivity contribution in [3.63, 3.8) is 0 Å². The lowest BCUT2D eigenvalue weighted by atomic mass is 10.1. The molecule has 21 heavy (non-hydrogen) atoms. The molecule has 5 heteroatoms. The van der Waals surface area contributed by atoms with Crippen LogP contribution in [0.25, 0.3) is 0 Å². The van der Waals surface area contributed by atoms with Gasteiger partial charge in [0.25, 0.3) is 0 Å². The van der Waals surface area contributed by atoms with Gasteiger partial charge in [-0.1, -0.05) is 52.4 Å². The maximum absolute atomic E-state index is 14.0. The Hall–Kier alpha value is -1.30. The largest absolute Gasteiger partial charge is 0.389 e. The topological polar surface area (TPSA) is 29.3 Å². The van der Waals surface area contributed by atoms with Crippen molar-refractivity contribution in [1.29, 1.82) is 0 Å². The molecule has 0 unspecified atom stereocenters. The Labute approximate surface area is 137 Å². The highest BCUT2D eigenvalue weighted by Crippen LogP contribution is 2.16. The Morgan fingerprint density at radius 2 is 2.00 bits per heavy atom. The van der Waals surface area contributed by atoms with Crippen LogP contribution in [0.2, 0.25) is 0 Å². The van der Waals surface area contributed by atoms with Gasteiger partial charge in [0, 0.05) is 28.7 Å². The van der Waals surface area contributed by atoms with E-state index in [9.17, 15) is 4.39 Å². The standard InChI is InChI=1S/C16H16BrFN2S/c1-20(9-11-3-2-4-14(17)7-11)10-13-6-5-12(16(19)21)8-15(13)18/h2-8H,9-10H2,1H3,(H2,19,21). The Balaban J connectivity index is 2.06. The molecule has 0 fully saturated rings. The molecule has 0 aliphatic rings. The van der Waals surface area contributed by atoms with Crippen LogP contribution >= 0.6 is 28.1 Å². The molecule has 110 valence electrons. The van der Waals surface area contributed by atoms with Gasteiger partial charge in [0.05, 0.1) is 0 Å². The number of nitrogens with zero attached hydrogens (tertiary/aromatic N) is 1. The maximum atomic E-state index is 14.0. The number of halogens is 2. The van der Waals surface area contributed by atoms with Crippen LogP contribution in [0, 0.1) is 5.82 Å². The van der Waals surface area contributed by atoms with Gasteiger partial charge >= 0.3 is 0 Å². The van der Waals surface area contributed by atoms with Gasteiger partial charge in [-0.15, -0.1) is 0 Å². The molecule has 2 rings (SSSR count). The van der Waals surface area contributed by atoms with E-state index in [-0.39, 0.29) is 10.8 Å². The van der Waals surface area contributed by atoms with Crippen molar-refractivity contribution in [2.24, 2.45) is 5.73 Å². The molecule has 0 aromatic heterocycles. The van der Waals surface area contributed by atoms with Crippen molar-refractivity contribution in [3.8, 4) is 0 Å². The van der Waals surface area contributed by atoms with Crippen molar-refractivity contribution < 1.29 is 4.39 Å². The summed E-state index contributed by atoms with van der Waals surface area (Å²) in [4.78, 5) is 2.27. The van der Waals surface area contributed by atoms with Crippen LogP contribution in [0.15, 0.2) is 46.9 Å². The van der Waals surface area contributed by atoms with E-state index < -0.39 is 0 Å². The summed E-state index contributed by atoms with van der Waals surface area (Å²) in [6, 6.07) is 13.0. The van der Waals surface area contributed by atoms with Crippen LogP contribution in [0.3, 0.4) is 0 Å². The molecule has 0 spiro atoms. The minimum Gasteiger partial charge on any atom is -0.389 e. The molecule has 2 aromatic rings. The third kappa shape index (κ3) is 4.59. The van der Waals surface area contributed by atoms with E-state index in [1.54, 1.807) is 12.1 Å². The molecule has 0 atom stereocenters. The molecule has 0 saturated heterocycles. The second kappa shape index (κ2) is 7.11. The molecule has 0 radical (unpaired) electrons. The van der Waals surface area contributed by atoms with Crippen molar-refractivity contribution in [1.82, 2.24) is 4.90 Å². The zero-order valence-corrected chi connectivity index (χ0v) is 14.0.